The molecule has 1 aromatic carbocycles. The zero-order chi connectivity index (χ0) is 19.8. The maximum atomic E-state index is 13.2. The van der Waals surface area contributed by atoms with Gasteiger partial charge in [0.1, 0.15) is 6.04 Å². The predicted octanol–water partition coefficient (Wildman–Crippen LogP) is 3.63. The van der Waals surface area contributed by atoms with Crippen LogP contribution in [0.4, 0.5) is 5.69 Å². The molecule has 2 amide bonds. The highest BCUT2D eigenvalue weighted by Crippen LogP contribution is 2.28. The van der Waals surface area contributed by atoms with Crippen LogP contribution in [-0.4, -0.2) is 22.8 Å². The number of carbonyl (C=O) groups is 2. The number of nitrogens with zero attached hydrogens (tertiary/aromatic N) is 2. The summed E-state index contributed by atoms with van der Waals surface area (Å²) in [6, 6.07) is 12.4. The minimum Gasteiger partial charge on any atom is -0.300 e. The van der Waals surface area contributed by atoms with Gasteiger partial charge in [0.25, 0.3) is 5.91 Å². The van der Waals surface area contributed by atoms with Gasteiger partial charge >= 0.3 is 0 Å². The van der Waals surface area contributed by atoms with Crippen LogP contribution in [0.1, 0.15) is 44.6 Å². The molecule has 1 heterocycles. The van der Waals surface area contributed by atoms with Crippen molar-refractivity contribution in [2.45, 2.75) is 51.7 Å². The largest absolute Gasteiger partial charge is 0.300 e. The molecule has 2 aromatic rings. The molecule has 1 fully saturated rings. The standard InChI is InChI=1S/C22H27N3O3/c1-17(21(26)24-28-16-18-8-4-2-5-9-18)25(20-12-14-23-15-13-20)22(27)19-10-6-3-7-11-19/h2,4-5,8-9,12-15,17,19H,3,6-7,10-11,16H2,1H3,(H,24,26). The zero-order valence-electron chi connectivity index (χ0n) is 16.2. The molecule has 1 atom stereocenters. The lowest BCUT2D eigenvalue weighted by Crippen LogP contribution is -2.50. The number of anilines is 1. The summed E-state index contributed by atoms with van der Waals surface area (Å²) in [6.45, 7) is 1.99. The number of hydroxylamine groups is 1. The van der Waals surface area contributed by atoms with Crippen molar-refractivity contribution in [3.8, 4) is 0 Å². The van der Waals surface area contributed by atoms with E-state index in [0.717, 1.165) is 31.2 Å². The van der Waals surface area contributed by atoms with Gasteiger partial charge < -0.3 is 0 Å². The van der Waals surface area contributed by atoms with E-state index >= 15 is 0 Å². The first-order chi connectivity index (χ1) is 13.7. The minimum absolute atomic E-state index is 0.00314. The lowest BCUT2D eigenvalue weighted by Gasteiger charge is -2.33. The maximum Gasteiger partial charge on any atom is 0.266 e. The fraction of sp³-hybridized carbons (Fsp3) is 0.409. The molecule has 148 valence electrons. The van der Waals surface area contributed by atoms with Crippen molar-refractivity contribution in [2.24, 2.45) is 5.92 Å². The van der Waals surface area contributed by atoms with Gasteiger partial charge in [-0.15, -0.1) is 0 Å². The highest BCUT2D eigenvalue weighted by molar-refractivity contribution is 6.01. The summed E-state index contributed by atoms with van der Waals surface area (Å²) in [7, 11) is 0. The van der Waals surface area contributed by atoms with Crippen molar-refractivity contribution in [3.05, 3.63) is 60.4 Å². The van der Waals surface area contributed by atoms with Crippen LogP contribution < -0.4 is 10.4 Å². The number of carbonyl (C=O) groups excluding carboxylic acids is 2. The third-order valence-corrected chi connectivity index (χ3v) is 5.15. The van der Waals surface area contributed by atoms with E-state index in [2.05, 4.69) is 10.5 Å². The van der Waals surface area contributed by atoms with Gasteiger partial charge in [0, 0.05) is 24.0 Å². The summed E-state index contributed by atoms with van der Waals surface area (Å²) in [6.07, 6.45) is 8.30. The van der Waals surface area contributed by atoms with Crippen LogP contribution in [0.25, 0.3) is 0 Å². The number of nitrogens with one attached hydrogen (secondary N) is 1. The van der Waals surface area contributed by atoms with Gasteiger partial charge in [0.05, 0.1) is 6.61 Å². The third-order valence-electron chi connectivity index (χ3n) is 5.15. The Morgan fingerprint density at radius 3 is 2.46 bits per heavy atom. The second-order valence-corrected chi connectivity index (χ2v) is 7.17. The second-order valence-electron chi connectivity index (χ2n) is 7.17. The second kappa shape index (κ2) is 9.99. The number of pyridine rings is 1. The molecule has 6 heteroatoms. The fourth-order valence-electron chi connectivity index (χ4n) is 3.56. The molecule has 0 radical (unpaired) electrons. The Labute approximate surface area is 165 Å². The molecule has 1 unspecified atom stereocenters. The highest BCUT2D eigenvalue weighted by atomic mass is 16.6. The molecule has 28 heavy (non-hydrogen) atoms. The first-order valence-corrected chi connectivity index (χ1v) is 9.85. The molecule has 0 saturated heterocycles. The molecule has 0 bridgehead atoms. The highest BCUT2D eigenvalue weighted by Gasteiger charge is 2.33. The minimum atomic E-state index is -0.687. The van der Waals surface area contributed by atoms with Crippen LogP contribution in [0.15, 0.2) is 54.9 Å². The maximum absolute atomic E-state index is 13.2. The lowest BCUT2D eigenvalue weighted by atomic mass is 9.88. The molecular weight excluding hydrogens is 354 g/mol. The van der Waals surface area contributed by atoms with Gasteiger partial charge in [-0.25, -0.2) is 5.48 Å². The SMILES string of the molecule is CC(C(=O)NOCc1ccccc1)N(C(=O)C1CCCCC1)c1ccncc1. The Bertz CT molecular complexity index is 761. The number of aromatic nitrogens is 1. The van der Waals surface area contributed by atoms with Gasteiger partial charge in [-0.3, -0.25) is 24.3 Å². The van der Waals surface area contributed by atoms with E-state index in [0.29, 0.717) is 5.69 Å². The van der Waals surface area contributed by atoms with Crippen LogP contribution in [0.3, 0.4) is 0 Å². The van der Waals surface area contributed by atoms with Crippen molar-refractivity contribution < 1.29 is 14.4 Å². The number of rotatable bonds is 7. The molecule has 0 aliphatic heterocycles. The quantitative estimate of drug-likeness (QED) is 0.744. The van der Waals surface area contributed by atoms with Crippen LogP contribution in [0.5, 0.6) is 0 Å². The van der Waals surface area contributed by atoms with Gasteiger partial charge in [-0.2, -0.15) is 0 Å². The summed E-state index contributed by atoms with van der Waals surface area (Å²) in [5.74, 6) is -0.393. The fourth-order valence-corrected chi connectivity index (χ4v) is 3.56. The Morgan fingerprint density at radius 1 is 1.11 bits per heavy atom. The molecule has 1 N–H and O–H groups in total. The molecule has 1 aromatic heterocycles. The number of amides is 2. The van der Waals surface area contributed by atoms with Crippen molar-refractivity contribution in [1.29, 1.82) is 0 Å². The number of hydrogen-bond donors (Lipinski definition) is 1. The van der Waals surface area contributed by atoms with Gasteiger partial charge in [-0.1, -0.05) is 49.6 Å². The number of hydrogen-bond acceptors (Lipinski definition) is 4. The molecule has 0 spiro atoms. The molecule has 1 saturated carbocycles. The van der Waals surface area contributed by atoms with Crippen LogP contribution in [0, 0.1) is 5.92 Å². The Balaban J connectivity index is 1.67. The van der Waals surface area contributed by atoms with Crippen LogP contribution in [-0.2, 0) is 21.0 Å². The Hall–Kier alpha value is -2.73. The van der Waals surface area contributed by atoms with Crippen molar-refractivity contribution in [1.82, 2.24) is 10.5 Å². The topological polar surface area (TPSA) is 71.5 Å². The summed E-state index contributed by atoms with van der Waals surface area (Å²) >= 11 is 0. The number of benzene rings is 1. The molecule has 1 aliphatic rings. The zero-order valence-corrected chi connectivity index (χ0v) is 16.2. The van der Waals surface area contributed by atoms with Crippen LogP contribution in [0.2, 0.25) is 0 Å². The lowest BCUT2D eigenvalue weighted by molar-refractivity contribution is -0.137. The third kappa shape index (κ3) is 5.16. The summed E-state index contributed by atoms with van der Waals surface area (Å²) in [4.78, 5) is 36.9. The van der Waals surface area contributed by atoms with Gasteiger partial charge in [0.2, 0.25) is 5.91 Å². The smallest absolute Gasteiger partial charge is 0.266 e. The molecule has 6 nitrogen and oxygen atoms in total. The summed E-state index contributed by atoms with van der Waals surface area (Å²) in [5.41, 5.74) is 4.13. The van der Waals surface area contributed by atoms with E-state index in [1.807, 2.05) is 30.3 Å². The monoisotopic (exact) mass is 381 g/mol. The Morgan fingerprint density at radius 2 is 1.79 bits per heavy atom. The predicted molar refractivity (Wildman–Crippen MR) is 107 cm³/mol. The first kappa shape index (κ1) is 20.0. The van der Waals surface area contributed by atoms with Gasteiger partial charge in [-0.05, 0) is 37.5 Å². The van der Waals surface area contributed by atoms with E-state index in [-0.39, 0.29) is 24.3 Å². The first-order valence-electron chi connectivity index (χ1n) is 9.85. The van der Waals surface area contributed by atoms with Gasteiger partial charge in [0.15, 0.2) is 0 Å². The average molecular weight is 381 g/mol. The van der Waals surface area contributed by atoms with Crippen molar-refractivity contribution >= 4 is 17.5 Å². The normalized spacial score (nSPS) is 15.6. The molecule has 1 aliphatic carbocycles. The molecular formula is C22H27N3O3. The summed E-state index contributed by atoms with van der Waals surface area (Å²) < 4.78 is 0. The van der Waals surface area contributed by atoms with Crippen molar-refractivity contribution in [3.63, 3.8) is 0 Å². The van der Waals surface area contributed by atoms with Crippen molar-refractivity contribution in [2.75, 3.05) is 4.90 Å². The molecule has 3 rings (SSSR count). The average Bonchev–Trinajstić information content (AvgIpc) is 2.76. The Kier molecular flexibility index (Phi) is 7.14. The van der Waals surface area contributed by atoms with E-state index in [1.165, 1.54) is 6.42 Å². The van der Waals surface area contributed by atoms with E-state index in [9.17, 15) is 9.59 Å². The van der Waals surface area contributed by atoms with Crippen LogP contribution >= 0.6 is 0 Å². The van der Waals surface area contributed by atoms with E-state index in [1.54, 1.807) is 36.4 Å². The summed E-state index contributed by atoms with van der Waals surface area (Å²) in [5, 5.41) is 0. The van der Waals surface area contributed by atoms with E-state index in [4.69, 9.17) is 4.84 Å². The van der Waals surface area contributed by atoms with E-state index < -0.39 is 6.04 Å².